The molecule has 0 saturated heterocycles. The third-order valence-electron chi connectivity index (χ3n) is 2.05. The summed E-state index contributed by atoms with van der Waals surface area (Å²) < 4.78 is 0. The highest BCUT2D eigenvalue weighted by Gasteiger charge is 2.09. The van der Waals surface area contributed by atoms with Gasteiger partial charge in [0.1, 0.15) is 0 Å². The highest BCUT2D eigenvalue weighted by atomic mass is 32.2. The highest BCUT2D eigenvalue weighted by molar-refractivity contribution is 7.99. The molecule has 0 spiro atoms. The van der Waals surface area contributed by atoms with Crippen LogP contribution >= 0.6 is 11.8 Å². The fourth-order valence-electron chi connectivity index (χ4n) is 1.21. The molecule has 3 heteroatoms. The predicted octanol–water partition coefficient (Wildman–Crippen LogP) is 2.61. The van der Waals surface area contributed by atoms with E-state index in [9.17, 15) is 0 Å². The van der Waals surface area contributed by atoms with Crippen molar-refractivity contribution in [2.75, 3.05) is 12.3 Å². The Bertz CT molecular complexity index is 238. The molecule has 0 aliphatic heterocycles. The first-order chi connectivity index (χ1) is 6.88. The molecule has 1 aromatic heterocycles. The van der Waals surface area contributed by atoms with Crippen LogP contribution < -0.4 is 5.73 Å². The van der Waals surface area contributed by atoms with Gasteiger partial charge in [0.25, 0.3) is 0 Å². The fourth-order valence-corrected chi connectivity index (χ4v) is 2.40. The van der Waals surface area contributed by atoms with E-state index in [2.05, 4.69) is 18.0 Å². The number of hydrogen-bond acceptors (Lipinski definition) is 3. The molecule has 78 valence electrons. The molecule has 0 fully saturated rings. The van der Waals surface area contributed by atoms with Crippen LogP contribution in [-0.4, -0.2) is 17.3 Å². The lowest BCUT2D eigenvalue weighted by Gasteiger charge is -2.12. The van der Waals surface area contributed by atoms with Gasteiger partial charge in [0.15, 0.2) is 0 Å². The van der Waals surface area contributed by atoms with Crippen molar-refractivity contribution >= 4 is 11.8 Å². The second-order valence-corrected chi connectivity index (χ2v) is 4.51. The van der Waals surface area contributed by atoms with Crippen LogP contribution in [-0.2, 0) is 0 Å². The molecule has 2 N–H and O–H groups in total. The molecule has 1 unspecified atom stereocenters. The van der Waals surface area contributed by atoms with Gasteiger partial charge in [-0.25, -0.2) is 0 Å². The standard InChI is InChI=1S/C11H18N2S/c1-2-3-8-14-11(9-12)10-6-4-5-7-13-10/h4-7,11H,2-3,8-9,12H2,1H3. The zero-order valence-electron chi connectivity index (χ0n) is 8.65. The second kappa shape index (κ2) is 6.85. The van der Waals surface area contributed by atoms with Crippen molar-refractivity contribution in [3.63, 3.8) is 0 Å². The maximum atomic E-state index is 5.73. The molecule has 0 aliphatic carbocycles. The molecule has 1 atom stereocenters. The SMILES string of the molecule is CCCCSC(CN)c1ccccn1. The second-order valence-electron chi connectivity index (χ2n) is 3.20. The lowest BCUT2D eigenvalue weighted by molar-refractivity contribution is 0.870. The normalized spacial score (nSPS) is 12.7. The number of thioether (sulfide) groups is 1. The zero-order chi connectivity index (χ0) is 10.2. The molecule has 14 heavy (non-hydrogen) atoms. The van der Waals surface area contributed by atoms with Gasteiger partial charge in [-0.1, -0.05) is 19.4 Å². The Balaban J connectivity index is 2.46. The summed E-state index contributed by atoms with van der Waals surface area (Å²) in [5.74, 6) is 1.18. The van der Waals surface area contributed by atoms with Crippen LogP contribution in [0.5, 0.6) is 0 Å². The van der Waals surface area contributed by atoms with Crippen molar-refractivity contribution in [2.24, 2.45) is 5.73 Å². The first-order valence-electron chi connectivity index (χ1n) is 5.11. The number of nitrogens with two attached hydrogens (primary N) is 1. The lowest BCUT2D eigenvalue weighted by atomic mass is 10.3. The Kier molecular flexibility index (Phi) is 5.64. The van der Waals surface area contributed by atoms with E-state index in [1.165, 1.54) is 18.6 Å². The minimum Gasteiger partial charge on any atom is -0.329 e. The molecule has 0 aromatic carbocycles. The Labute approximate surface area is 90.3 Å². The summed E-state index contributed by atoms with van der Waals surface area (Å²) in [6.07, 6.45) is 4.33. The zero-order valence-corrected chi connectivity index (χ0v) is 9.46. The molecule has 0 radical (unpaired) electrons. The van der Waals surface area contributed by atoms with Crippen LogP contribution in [0.1, 0.15) is 30.7 Å². The van der Waals surface area contributed by atoms with Crippen LogP contribution in [0, 0.1) is 0 Å². The third kappa shape index (κ3) is 3.68. The van der Waals surface area contributed by atoms with Gasteiger partial charge in [-0.2, -0.15) is 11.8 Å². The summed E-state index contributed by atoms with van der Waals surface area (Å²) in [5.41, 5.74) is 6.83. The van der Waals surface area contributed by atoms with Gasteiger partial charge < -0.3 is 5.73 Å². The monoisotopic (exact) mass is 210 g/mol. The van der Waals surface area contributed by atoms with Gasteiger partial charge in [0, 0.05) is 12.7 Å². The summed E-state index contributed by atoms with van der Waals surface area (Å²) >= 11 is 1.91. The van der Waals surface area contributed by atoms with Gasteiger partial charge >= 0.3 is 0 Å². The van der Waals surface area contributed by atoms with E-state index in [-0.39, 0.29) is 0 Å². The summed E-state index contributed by atoms with van der Waals surface area (Å²) in [7, 11) is 0. The van der Waals surface area contributed by atoms with Crippen LogP contribution in [0.3, 0.4) is 0 Å². The molecular formula is C11H18N2S. The molecule has 0 amide bonds. The van der Waals surface area contributed by atoms with E-state index >= 15 is 0 Å². The first-order valence-corrected chi connectivity index (χ1v) is 6.16. The van der Waals surface area contributed by atoms with Crippen LogP contribution in [0.25, 0.3) is 0 Å². The van der Waals surface area contributed by atoms with Crippen LogP contribution in [0.2, 0.25) is 0 Å². The summed E-state index contributed by atoms with van der Waals surface area (Å²) in [6.45, 7) is 2.88. The Morgan fingerprint density at radius 2 is 2.36 bits per heavy atom. The van der Waals surface area contributed by atoms with Crippen molar-refractivity contribution in [3.8, 4) is 0 Å². The number of rotatable bonds is 6. The molecule has 1 rings (SSSR count). The number of nitrogens with zero attached hydrogens (tertiary/aromatic N) is 1. The Hall–Kier alpha value is -0.540. The Morgan fingerprint density at radius 3 is 2.93 bits per heavy atom. The third-order valence-corrected chi connectivity index (χ3v) is 3.41. The van der Waals surface area contributed by atoms with E-state index < -0.39 is 0 Å². The van der Waals surface area contributed by atoms with Crippen LogP contribution in [0.4, 0.5) is 0 Å². The molecule has 0 saturated carbocycles. The smallest absolute Gasteiger partial charge is 0.0592 e. The molecule has 2 nitrogen and oxygen atoms in total. The maximum absolute atomic E-state index is 5.73. The summed E-state index contributed by atoms with van der Waals surface area (Å²) in [5, 5.41) is 0.364. The van der Waals surface area contributed by atoms with Crippen molar-refractivity contribution in [2.45, 2.75) is 25.0 Å². The average Bonchev–Trinajstić information content (AvgIpc) is 2.26. The fraction of sp³-hybridized carbons (Fsp3) is 0.545. The number of hydrogen-bond donors (Lipinski definition) is 1. The molecule has 1 aromatic rings. The van der Waals surface area contributed by atoms with Gasteiger partial charge in [-0.3, -0.25) is 4.98 Å². The first kappa shape index (κ1) is 11.5. The number of unbranched alkanes of at least 4 members (excludes halogenated alkanes) is 1. The summed E-state index contributed by atoms with van der Waals surface area (Å²) in [4.78, 5) is 4.33. The maximum Gasteiger partial charge on any atom is 0.0592 e. The molecular weight excluding hydrogens is 192 g/mol. The van der Waals surface area contributed by atoms with Crippen molar-refractivity contribution in [3.05, 3.63) is 30.1 Å². The van der Waals surface area contributed by atoms with E-state index in [0.717, 1.165) is 5.69 Å². The molecule has 0 aliphatic rings. The van der Waals surface area contributed by atoms with Crippen molar-refractivity contribution in [1.29, 1.82) is 0 Å². The largest absolute Gasteiger partial charge is 0.329 e. The van der Waals surface area contributed by atoms with Gasteiger partial charge in [0.05, 0.1) is 10.9 Å². The quantitative estimate of drug-likeness (QED) is 0.734. The Morgan fingerprint density at radius 1 is 1.50 bits per heavy atom. The molecule has 0 bridgehead atoms. The number of pyridine rings is 1. The van der Waals surface area contributed by atoms with Gasteiger partial charge in [0.2, 0.25) is 0 Å². The van der Waals surface area contributed by atoms with E-state index in [0.29, 0.717) is 11.8 Å². The van der Waals surface area contributed by atoms with Gasteiger partial charge in [-0.05, 0) is 24.3 Å². The van der Waals surface area contributed by atoms with Gasteiger partial charge in [-0.15, -0.1) is 0 Å². The van der Waals surface area contributed by atoms with Crippen molar-refractivity contribution in [1.82, 2.24) is 4.98 Å². The predicted molar refractivity (Wildman–Crippen MR) is 63.4 cm³/mol. The number of aromatic nitrogens is 1. The van der Waals surface area contributed by atoms with Crippen LogP contribution in [0.15, 0.2) is 24.4 Å². The van der Waals surface area contributed by atoms with Crippen molar-refractivity contribution < 1.29 is 0 Å². The average molecular weight is 210 g/mol. The van der Waals surface area contributed by atoms with E-state index in [4.69, 9.17) is 5.73 Å². The molecule has 1 heterocycles. The minimum absolute atomic E-state index is 0.364. The topological polar surface area (TPSA) is 38.9 Å². The lowest BCUT2D eigenvalue weighted by Crippen LogP contribution is -2.11. The highest BCUT2D eigenvalue weighted by Crippen LogP contribution is 2.26. The van der Waals surface area contributed by atoms with E-state index in [1.807, 2.05) is 30.1 Å². The summed E-state index contributed by atoms with van der Waals surface area (Å²) in [6, 6.07) is 6.01. The van der Waals surface area contributed by atoms with E-state index in [1.54, 1.807) is 0 Å². The minimum atomic E-state index is 0.364.